The number of hydrogen-bond acceptors (Lipinski definition) is 7. The predicted molar refractivity (Wildman–Crippen MR) is 184 cm³/mol. The number of ether oxygens (including phenoxy) is 2. The Kier molecular flexibility index (Phi) is 13.6. The van der Waals surface area contributed by atoms with Crippen molar-refractivity contribution in [2.24, 2.45) is 0 Å². The number of likely N-dealkylation sites (N-methyl/N-ethyl adjacent to an activating group) is 2. The average molecular weight is 672 g/mol. The van der Waals surface area contributed by atoms with Gasteiger partial charge in [0.15, 0.2) is 0 Å². The van der Waals surface area contributed by atoms with Crippen molar-refractivity contribution < 1.29 is 33.4 Å². The van der Waals surface area contributed by atoms with Crippen LogP contribution in [0.5, 0.6) is 11.5 Å². The van der Waals surface area contributed by atoms with E-state index in [2.05, 4.69) is 16.0 Å². The molecule has 0 saturated heterocycles. The molecule has 1 heterocycles. The molecule has 12 nitrogen and oxygen atoms in total. The van der Waals surface area contributed by atoms with Crippen molar-refractivity contribution in [1.82, 2.24) is 25.8 Å². The lowest BCUT2D eigenvalue weighted by atomic mass is 10.1. The van der Waals surface area contributed by atoms with Crippen LogP contribution in [0.2, 0.25) is 0 Å². The number of carbonyl (C=O) groups excluding carboxylic acids is 5. The first-order valence-electron chi connectivity index (χ1n) is 16.4. The third-order valence-electron chi connectivity index (χ3n) is 8.20. The summed E-state index contributed by atoms with van der Waals surface area (Å²) >= 11 is 0. The number of aryl methyl sites for hydroxylation is 1. The van der Waals surface area contributed by atoms with Gasteiger partial charge in [-0.05, 0) is 61.6 Å². The average Bonchev–Trinajstić information content (AvgIpc) is 3.11. The second kappa shape index (κ2) is 18.2. The molecular weight excluding hydrogens is 626 g/mol. The number of nitrogens with zero attached hydrogens (tertiary/aromatic N) is 2. The molecule has 5 amide bonds. The Labute approximate surface area is 287 Å². The number of benzene rings is 3. The summed E-state index contributed by atoms with van der Waals surface area (Å²) in [6.07, 6.45) is 1.36. The molecule has 49 heavy (non-hydrogen) atoms. The maximum Gasteiger partial charge on any atom is 0.255 e. The van der Waals surface area contributed by atoms with Crippen LogP contribution in [-0.4, -0.2) is 98.4 Å². The fourth-order valence-electron chi connectivity index (χ4n) is 5.46. The minimum atomic E-state index is -1.23. The number of hydrogen-bond donors (Lipinski definition) is 3. The smallest absolute Gasteiger partial charge is 0.255 e. The fraction of sp³-hybridized carbons (Fsp3) is 0.378. The van der Waals surface area contributed by atoms with Crippen molar-refractivity contribution in [3.63, 3.8) is 0 Å². The molecule has 0 aliphatic carbocycles. The van der Waals surface area contributed by atoms with Crippen molar-refractivity contribution in [1.29, 1.82) is 0 Å². The fourth-order valence-corrected chi connectivity index (χ4v) is 5.46. The van der Waals surface area contributed by atoms with Gasteiger partial charge in [-0.15, -0.1) is 0 Å². The lowest BCUT2D eigenvalue weighted by Gasteiger charge is -2.26. The van der Waals surface area contributed by atoms with Crippen molar-refractivity contribution in [3.05, 3.63) is 95.6 Å². The maximum absolute atomic E-state index is 13.7. The Morgan fingerprint density at radius 3 is 2.41 bits per heavy atom. The third-order valence-corrected chi connectivity index (χ3v) is 8.20. The molecule has 4 rings (SSSR count). The highest BCUT2D eigenvalue weighted by Crippen LogP contribution is 2.20. The van der Waals surface area contributed by atoms with Crippen LogP contribution < -0.4 is 25.4 Å². The first kappa shape index (κ1) is 36.4. The number of carbonyl (C=O) groups is 5. The van der Waals surface area contributed by atoms with Crippen LogP contribution in [0.4, 0.5) is 0 Å². The van der Waals surface area contributed by atoms with E-state index in [4.69, 9.17) is 9.47 Å². The van der Waals surface area contributed by atoms with Gasteiger partial charge in [0.25, 0.3) is 5.91 Å². The summed E-state index contributed by atoms with van der Waals surface area (Å²) in [6.45, 7) is 1.72. The van der Waals surface area contributed by atoms with Gasteiger partial charge < -0.3 is 35.2 Å². The van der Waals surface area contributed by atoms with E-state index in [0.29, 0.717) is 25.8 Å². The first-order chi connectivity index (χ1) is 23.7. The summed E-state index contributed by atoms with van der Waals surface area (Å²) in [5, 5.41) is 8.54. The Balaban J connectivity index is 1.55. The summed E-state index contributed by atoms with van der Waals surface area (Å²) in [5.74, 6) is -1.47. The third kappa shape index (κ3) is 11.1. The molecule has 1 aliphatic rings. The molecular formula is C37H45N5O7. The molecule has 0 radical (unpaired) electrons. The standard InChI is InChI=1S/C37H45N5O7/c1-4-42-24-35(45)41(2)23-33(43)39-28(20-26-12-6-5-7-13-26)25-49-32-18-9-8-17-30(32)36(46)40-31(22-34(42)44)37(47)38-19-11-15-27-14-10-16-29(21-27)48-3/h5-10,12-14,16-18,21,28,31H,4,11,15,19-20,22-25H2,1-3H3,(H,38,47)(H,39,43)(H,40,46)/t28-,31+/m1/s1. The van der Waals surface area contributed by atoms with Gasteiger partial charge in [-0.25, -0.2) is 0 Å². The van der Waals surface area contributed by atoms with Crippen LogP contribution in [-0.2, 0) is 32.0 Å². The molecule has 3 aromatic carbocycles. The highest BCUT2D eigenvalue weighted by molar-refractivity contribution is 6.01. The van der Waals surface area contributed by atoms with Crippen molar-refractivity contribution in [2.75, 3.05) is 46.9 Å². The Morgan fingerprint density at radius 1 is 0.918 bits per heavy atom. The van der Waals surface area contributed by atoms with E-state index in [0.717, 1.165) is 16.9 Å². The highest BCUT2D eigenvalue weighted by Gasteiger charge is 2.29. The van der Waals surface area contributed by atoms with E-state index in [1.807, 2.05) is 54.6 Å². The number of amides is 5. The van der Waals surface area contributed by atoms with Gasteiger partial charge in [-0.2, -0.15) is 0 Å². The maximum atomic E-state index is 13.7. The number of para-hydroxylation sites is 1. The topological polar surface area (TPSA) is 146 Å². The lowest BCUT2D eigenvalue weighted by Crippen LogP contribution is -2.51. The van der Waals surface area contributed by atoms with Gasteiger partial charge in [-0.3, -0.25) is 24.0 Å². The van der Waals surface area contributed by atoms with Crippen LogP contribution >= 0.6 is 0 Å². The monoisotopic (exact) mass is 671 g/mol. The molecule has 0 saturated carbocycles. The quantitative estimate of drug-likeness (QED) is 0.296. The number of fused-ring (bicyclic) bond motifs is 1. The molecule has 0 spiro atoms. The van der Waals surface area contributed by atoms with Crippen LogP contribution in [0.3, 0.4) is 0 Å². The lowest BCUT2D eigenvalue weighted by molar-refractivity contribution is -0.142. The van der Waals surface area contributed by atoms with Crippen molar-refractivity contribution in [2.45, 2.75) is 44.7 Å². The molecule has 0 aromatic heterocycles. The number of nitrogens with one attached hydrogen (secondary N) is 3. The zero-order valence-corrected chi connectivity index (χ0v) is 28.3. The van der Waals surface area contributed by atoms with Crippen LogP contribution in [0.1, 0.15) is 41.3 Å². The van der Waals surface area contributed by atoms with Gasteiger partial charge in [0.1, 0.15) is 24.1 Å². The van der Waals surface area contributed by atoms with E-state index < -0.39 is 41.6 Å². The molecule has 2 atom stereocenters. The SMILES string of the molecule is CCN1CC(=O)N(C)CC(=O)N[C@H](Cc2ccccc2)COc2ccccc2C(=O)N[C@H](C(=O)NCCCc2cccc(OC)c2)CC1=O. The molecule has 0 fully saturated rings. The zero-order valence-electron chi connectivity index (χ0n) is 28.3. The minimum absolute atomic E-state index is 0.0297. The van der Waals surface area contributed by atoms with Crippen LogP contribution in [0, 0.1) is 0 Å². The number of rotatable bonds is 9. The Bertz CT molecular complexity index is 1600. The Morgan fingerprint density at radius 2 is 1.65 bits per heavy atom. The summed E-state index contributed by atoms with van der Waals surface area (Å²) in [5.41, 5.74) is 2.18. The Hall–Kier alpha value is -5.39. The van der Waals surface area contributed by atoms with Crippen molar-refractivity contribution in [3.8, 4) is 11.5 Å². The van der Waals surface area contributed by atoms with Gasteiger partial charge in [-0.1, -0.05) is 54.6 Å². The summed E-state index contributed by atoms with van der Waals surface area (Å²) in [7, 11) is 3.10. The summed E-state index contributed by atoms with van der Waals surface area (Å²) in [4.78, 5) is 69.4. The molecule has 3 N–H and O–H groups in total. The van der Waals surface area contributed by atoms with E-state index in [9.17, 15) is 24.0 Å². The van der Waals surface area contributed by atoms with Gasteiger partial charge >= 0.3 is 0 Å². The van der Waals surface area contributed by atoms with Crippen LogP contribution in [0.15, 0.2) is 78.9 Å². The molecule has 260 valence electrons. The first-order valence-corrected chi connectivity index (χ1v) is 16.4. The van der Waals surface area contributed by atoms with E-state index in [-0.39, 0.29) is 44.0 Å². The second-order valence-electron chi connectivity index (χ2n) is 11.9. The van der Waals surface area contributed by atoms with Gasteiger partial charge in [0.2, 0.25) is 23.6 Å². The van der Waals surface area contributed by atoms with Crippen molar-refractivity contribution >= 4 is 29.5 Å². The zero-order chi connectivity index (χ0) is 35.2. The molecule has 12 heteroatoms. The predicted octanol–water partition coefficient (Wildman–Crippen LogP) is 2.36. The molecule has 1 aliphatic heterocycles. The van der Waals surface area contributed by atoms with Crippen LogP contribution in [0.25, 0.3) is 0 Å². The molecule has 3 aromatic rings. The van der Waals surface area contributed by atoms with Gasteiger partial charge in [0, 0.05) is 20.1 Å². The van der Waals surface area contributed by atoms with E-state index in [1.165, 1.54) is 16.8 Å². The number of methoxy groups -OCH3 is 1. The van der Waals surface area contributed by atoms with E-state index >= 15 is 0 Å². The second-order valence-corrected chi connectivity index (χ2v) is 11.9. The minimum Gasteiger partial charge on any atom is -0.497 e. The normalized spacial score (nSPS) is 18.0. The largest absolute Gasteiger partial charge is 0.497 e. The summed E-state index contributed by atoms with van der Waals surface area (Å²) in [6, 6.07) is 22.1. The molecule has 0 bridgehead atoms. The van der Waals surface area contributed by atoms with E-state index in [1.54, 1.807) is 38.3 Å². The highest BCUT2D eigenvalue weighted by atomic mass is 16.5. The molecule has 0 unspecified atom stereocenters. The summed E-state index contributed by atoms with van der Waals surface area (Å²) < 4.78 is 11.4. The van der Waals surface area contributed by atoms with Gasteiger partial charge in [0.05, 0.1) is 38.2 Å².